The van der Waals surface area contributed by atoms with Gasteiger partial charge in [0.1, 0.15) is 17.4 Å². The third-order valence-electron chi connectivity index (χ3n) is 7.05. The van der Waals surface area contributed by atoms with Crippen molar-refractivity contribution in [3.63, 3.8) is 0 Å². The molecule has 11 nitrogen and oxygen atoms in total. The number of alkyl halides is 1. The Hall–Kier alpha value is -4.88. The molecule has 0 aliphatic rings. The molecule has 1 amide bonds. The van der Waals surface area contributed by atoms with Crippen molar-refractivity contribution in [1.82, 2.24) is 29.6 Å². The summed E-state index contributed by atoms with van der Waals surface area (Å²) in [6.07, 6.45) is 4.88. The van der Waals surface area contributed by atoms with Crippen LogP contribution in [0, 0.1) is 0 Å². The lowest BCUT2D eigenvalue weighted by atomic mass is 10.1. The molecule has 0 radical (unpaired) electrons. The quantitative estimate of drug-likeness (QED) is 0.176. The zero-order chi connectivity index (χ0) is 31.4. The third kappa shape index (κ3) is 6.38. The highest BCUT2D eigenvalue weighted by Crippen LogP contribution is 2.40. The van der Waals surface area contributed by atoms with E-state index in [1.54, 1.807) is 19.4 Å². The van der Waals surface area contributed by atoms with Crippen molar-refractivity contribution in [3.05, 3.63) is 66.5 Å². The summed E-state index contributed by atoms with van der Waals surface area (Å²) in [7, 11) is 9.51. The van der Waals surface area contributed by atoms with Gasteiger partial charge in [0.25, 0.3) is 0 Å². The lowest BCUT2D eigenvalue weighted by molar-refractivity contribution is -0.111. The van der Waals surface area contributed by atoms with Crippen molar-refractivity contribution in [1.29, 1.82) is 0 Å². The Bertz CT molecular complexity index is 1820. The highest BCUT2D eigenvalue weighted by Gasteiger charge is 2.21. The second-order valence-corrected chi connectivity index (χ2v) is 11.4. The first-order valence-corrected chi connectivity index (χ1v) is 14.6. The standard InChI is InChI=1S/C31H34FN9O2S/c1-7-27(42)34-22-14-23(26(43-6)15-25(22)40(4)13-12-39(2)3)35-31-33-17-20(30-38-37-28(16-32)44-30)29(36-31)21-18-41(5)24-11-9-8-10-19(21)24/h7-11,14-15,17-18H,1,12-13,16H2,2-6H3,(H,34,42)(H,33,35,36). The fraction of sp³-hybridized carbons (Fsp3) is 0.258. The van der Waals surface area contributed by atoms with Crippen LogP contribution in [0.15, 0.2) is 61.4 Å². The van der Waals surface area contributed by atoms with E-state index >= 15 is 0 Å². The van der Waals surface area contributed by atoms with E-state index in [4.69, 9.17) is 9.72 Å². The van der Waals surface area contributed by atoms with Gasteiger partial charge in [-0.15, -0.1) is 10.2 Å². The Kier molecular flexibility index (Phi) is 9.16. The molecule has 3 aromatic heterocycles. The van der Waals surface area contributed by atoms with Crippen molar-refractivity contribution in [2.24, 2.45) is 7.05 Å². The number of aryl methyl sites for hydroxylation is 1. The Labute approximate surface area is 259 Å². The number of rotatable bonds is 12. The van der Waals surface area contributed by atoms with Crippen molar-refractivity contribution in [3.8, 4) is 27.6 Å². The summed E-state index contributed by atoms with van der Waals surface area (Å²) in [5, 5.41) is 16.2. The highest BCUT2D eigenvalue weighted by atomic mass is 32.1. The van der Waals surface area contributed by atoms with Crippen molar-refractivity contribution in [2.75, 3.05) is 56.9 Å². The normalized spacial score (nSPS) is 11.2. The van der Waals surface area contributed by atoms with Gasteiger partial charge in [0.2, 0.25) is 11.9 Å². The van der Waals surface area contributed by atoms with Crippen LogP contribution >= 0.6 is 11.3 Å². The van der Waals surface area contributed by atoms with E-state index in [1.807, 2.05) is 74.2 Å². The van der Waals surface area contributed by atoms with Gasteiger partial charge in [-0.1, -0.05) is 36.1 Å². The molecule has 0 fully saturated rings. The topological polar surface area (TPSA) is 113 Å². The first kappa shape index (κ1) is 30.6. The molecule has 0 aliphatic carbocycles. The molecule has 0 unspecified atom stereocenters. The minimum absolute atomic E-state index is 0.278. The Morgan fingerprint density at radius 1 is 1.14 bits per heavy atom. The van der Waals surface area contributed by atoms with Crippen molar-refractivity contribution < 1.29 is 13.9 Å². The predicted molar refractivity (Wildman–Crippen MR) is 175 cm³/mol. The number of ether oxygens (including phenoxy) is 1. The average Bonchev–Trinajstić information content (AvgIpc) is 3.64. The lowest BCUT2D eigenvalue weighted by Gasteiger charge is -2.26. The number of hydrogen-bond donors (Lipinski definition) is 2. The molecule has 13 heteroatoms. The molecule has 0 saturated carbocycles. The number of nitrogens with one attached hydrogen (secondary N) is 2. The summed E-state index contributed by atoms with van der Waals surface area (Å²) < 4.78 is 21.2. The van der Waals surface area contributed by atoms with Gasteiger partial charge in [0.15, 0.2) is 5.01 Å². The fourth-order valence-electron chi connectivity index (χ4n) is 4.78. The number of fused-ring (bicyclic) bond motifs is 1. The number of carbonyl (C=O) groups is 1. The molecule has 5 rings (SSSR count). The van der Waals surface area contributed by atoms with Gasteiger partial charge in [-0.25, -0.2) is 14.4 Å². The summed E-state index contributed by atoms with van der Waals surface area (Å²) in [4.78, 5) is 26.0. The monoisotopic (exact) mass is 615 g/mol. The maximum Gasteiger partial charge on any atom is 0.247 e. The molecule has 5 aromatic rings. The van der Waals surface area contributed by atoms with Crippen LogP contribution in [0.3, 0.4) is 0 Å². The van der Waals surface area contributed by atoms with Crippen LogP contribution < -0.4 is 20.3 Å². The number of amides is 1. The highest BCUT2D eigenvalue weighted by molar-refractivity contribution is 7.14. The van der Waals surface area contributed by atoms with E-state index in [0.717, 1.165) is 40.0 Å². The summed E-state index contributed by atoms with van der Waals surface area (Å²) in [6.45, 7) is 4.42. The maximum atomic E-state index is 13.4. The van der Waals surface area contributed by atoms with E-state index in [-0.39, 0.29) is 10.9 Å². The van der Waals surface area contributed by atoms with Gasteiger partial charge >= 0.3 is 0 Å². The molecule has 0 spiro atoms. The smallest absolute Gasteiger partial charge is 0.247 e. The van der Waals surface area contributed by atoms with Gasteiger partial charge in [-0.05, 0) is 32.3 Å². The second-order valence-electron chi connectivity index (χ2n) is 10.4. The number of nitrogens with zero attached hydrogens (tertiary/aromatic N) is 7. The first-order valence-electron chi connectivity index (χ1n) is 13.8. The number of anilines is 4. The molecular formula is C31H34FN9O2S. The summed E-state index contributed by atoms with van der Waals surface area (Å²) in [6, 6.07) is 11.7. The second kappa shape index (κ2) is 13.2. The zero-order valence-electron chi connectivity index (χ0n) is 25.3. The average molecular weight is 616 g/mol. The molecular weight excluding hydrogens is 581 g/mol. The van der Waals surface area contributed by atoms with Crippen LogP contribution in [-0.4, -0.2) is 76.9 Å². The first-order chi connectivity index (χ1) is 21.2. The molecule has 0 aliphatic heterocycles. The number of para-hydroxylation sites is 1. The fourth-order valence-corrected chi connectivity index (χ4v) is 5.48. The summed E-state index contributed by atoms with van der Waals surface area (Å²) in [5.41, 5.74) is 5.03. The van der Waals surface area contributed by atoms with Gasteiger partial charge in [0.05, 0.1) is 35.4 Å². The number of likely N-dealkylation sites (N-methyl/N-ethyl adjacent to an activating group) is 2. The summed E-state index contributed by atoms with van der Waals surface area (Å²) >= 11 is 1.16. The van der Waals surface area contributed by atoms with Crippen LogP contribution in [0.5, 0.6) is 5.75 Å². The minimum Gasteiger partial charge on any atom is -0.494 e. The number of halogens is 1. The van der Waals surface area contributed by atoms with Crippen molar-refractivity contribution in [2.45, 2.75) is 6.67 Å². The molecule has 228 valence electrons. The molecule has 0 atom stereocenters. The zero-order valence-corrected chi connectivity index (χ0v) is 26.1. The van der Waals surface area contributed by atoms with Gasteiger partial charge in [-0.3, -0.25) is 4.79 Å². The number of methoxy groups -OCH3 is 1. The molecule has 3 heterocycles. The Morgan fingerprint density at radius 2 is 1.93 bits per heavy atom. The lowest BCUT2D eigenvalue weighted by Crippen LogP contribution is -2.29. The van der Waals surface area contributed by atoms with E-state index in [0.29, 0.717) is 45.9 Å². The molecule has 2 aromatic carbocycles. The van der Waals surface area contributed by atoms with Crippen LogP contribution in [0.1, 0.15) is 5.01 Å². The number of hydrogen-bond acceptors (Lipinski definition) is 10. The Morgan fingerprint density at radius 3 is 2.64 bits per heavy atom. The van der Waals surface area contributed by atoms with Crippen LogP contribution in [0.4, 0.5) is 27.4 Å². The Balaban J connectivity index is 1.61. The minimum atomic E-state index is -0.702. The van der Waals surface area contributed by atoms with E-state index < -0.39 is 6.67 Å². The van der Waals surface area contributed by atoms with E-state index in [9.17, 15) is 9.18 Å². The van der Waals surface area contributed by atoms with Crippen LogP contribution in [-0.2, 0) is 18.5 Å². The SMILES string of the molecule is C=CC(=O)Nc1cc(Nc2ncc(-c3nnc(CF)s3)c(-c3cn(C)c4ccccc34)n2)c(OC)cc1N(C)CCN(C)C. The number of aromatic nitrogens is 5. The van der Waals surface area contributed by atoms with E-state index in [2.05, 4.69) is 37.3 Å². The molecule has 2 N–H and O–H groups in total. The van der Waals surface area contributed by atoms with Gasteiger partial charge in [-0.2, -0.15) is 0 Å². The summed E-state index contributed by atoms with van der Waals surface area (Å²) in [5.74, 6) is 0.483. The number of carbonyl (C=O) groups excluding carboxylic acids is 1. The molecule has 0 saturated heterocycles. The third-order valence-corrected chi connectivity index (χ3v) is 7.98. The molecule has 44 heavy (non-hydrogen) atoms. The van der Waals surface area contributed by atoms with E-state index in [1.165, 1.54) is 6.08 Å². The number of benzene rings is 2. The van der Waals surface area contributed by atoms with Crippen LogP contribution in [0.25, 0.3) is 32.7 Å². The van der Waals surface area contributed by atoms with Crippen LogP contribution in [0.2, 0.25) is 0 Å². The maximum absolute atomic E-state index is 13.4. The molecule has 0 bridgehead atoms. The van der Waals surface area contributed by atoms with Crippen molar-refractivity contribution >= 4 is 51.2 Å². The van der Waals surface area contributed by atoms with Gasteiger partial charge in [0, 0.05) is 62.1 Å². The predicted octanol–water partition coefficient (Wildman–Crippen LogP) is 5.50. The van der Waals surface area contributed by atoms with Gasteiger partial charge < -0.3 is 29.7 Å². The largest absolute Gasteiger partial charge is 0.494 e.